The van der Waals surface area contributed by atoms with E-state index >= 15 is 0 Å². The van der Waals surface area contributed by atoms with Gasteiger partial charge < -0.3 is 14.6 Å². The van der Waals surface area contributed by atoms with Crippen LogP contribution in [0.1, 0.15) is 48.5 Å². The summed E-state index contributed by atoms with van der Waals surface area (Å²) < 4.78 is 13.2. The minimum absolute atomic E-state index is 0.424. The number of nitrogens with one attached hydrogen (secondary N) is 1. The second-order valence-electron chi connectivity index (χ2n) is 9.37. The van der Waals surface area contributed by atoms with E-state index in [1.165, 1.54) is 5.56 Å². The molecule has 5 rings (SSSR count). The lowest BCUT2D eigenvalue weighted by molar-refractivity contribution is 0.113. The van der Waals surface area contributed by atoms with Gasteiger partial charge in [0.05, 0.1) is 24.5 Å². The Labute approximate surface area is 211 Å². The molecule has 0 fully saturated rings. The molecule has 2 aromatic carbocycles. The Balaban J connectivity index is 1.43. The Morgan fingerprint density at radius 2 is 1.81 bits per heavy atom. The van der Waals surface area contributed by atoms with Crippen molar-refractivity contribution in [2.24, 2.45) is 0 Å². The van der Waals surface area contributed by atoms with Gasteiger partial charge in [-0.2, -0.15) is 5.10 Å². The number of aliphatic hydroxyl groups is 1. The number of aliphatic hydroxyl groups excluding tert-OH is 1. The summed E-state index contributed by atoms with van der Waals surface area (Å²) in [5.41, 5.74) is 7.67. The molecular formula is C29H32N4O3. The fraction of sp³-hybridized carbons (Fsp3) is 0.310. The molecule has 0 aliphatic carbocycles. The highest BCUT2D eigenvalue weighted by Gasteiger charge is 2.28. The van der Waals surface area contributed by atoms with Gasteiger partial charge in [0.15, 0.2) is 0 Å². The van der Waals surface area contributed by atoms with E-state index in [0.717, 1.165) is 45.1 Å². The van der Waals surface area contributed by atoms with E-state index in [-0.39, 0.29) is 0 Å². The molecule has 0 saturated heterocycles. The molecular weight excluding hydrogens is 452 g/mol. The van der Waals surface area contributed by atoms with Gasteiger partial charge in [-0.25, -0.2) is 0 Å². The smallest absolute Gasteiger partial charge is 0.148 e. The first kappa shape index (κ1) is 24.2. The maximum absolute atomic E-state index is 10.8. The van der Waals surface area contributed by atoms with Gasteiger partial charge >= 0.3 is 0 Å². The Bertz CT molecular complexity index is 1310. The SMILES string of the molecule is COCc1cc(-c2nn3c(c2-c2ccc(OCc4ccc(C(C)C)cc4)cc2)C(O)NCC3)ccn1. The van der Waals surface area contributed by atoms with Crippen LogP contribution in [0.4, 0.5) is 0 Å². The van der Waals surface area contributed by atoms with Crippen molar-refractivity contribution in [2.45, 2.75) is 45.8 Å². The maximum atomic E-state index is 10.8. The zero-order valence-electron chi connectivity index (χ0n) is 20.9. The molecule has 1 atom stereocenters. The quantitative estimate of drug-likeness (QED) is 0.364. The average molecular weight is 485 g/mol. The molecule has 1 unspecified atom stereocenters. The van der Waals surface area contributed by atoms with Crippen LogP contribution in [0.3, 0.4) is 0 Å². The van der Waals surface area contributed by atoms with Crippen molar-refractivity contribution in [2.75, 3.05) is 13.7 Å². The van der Waals surface area contributed by atoms with Crippen molar-refractivity contribution in [1.82, 2.24) is 20.1 Å². The van der Waals surface area contributed by atoms with E-state index < -0.39 is 6.23 Å². The molecule has 0 amide bonds. The largest absolute Gasteiger partial charge is 0.489 e. The van der Waals surface area contributed by atoms with Gasteiger partial charge in [0.25, 0.3) is 0 Å². The molecule has 1 aliphatic rings. The van der Waals surface area contributed by atoms with Crippen molar-refractivity contribution >= 4 is 0 Å². The number of hydrogen-bond acceptors (Lipinski definition) is 6. The normalized spacial score (nSPS) is 15.2. The van der Waals surface area contributed by atoms with Gasteiger partial charge in [0.2, 0.25) is 0 Å². The molecule has 0 saturated carbocycles. The van der Waals surface area contributed by atoms with Crippen LogP contribution in [0.2, 0.25) is 0 Å². The molecule has 1 aliphatic heterocycles. The van der Waals surface area contributed by atoms with Crippen LogP contribution >= 0.6 is 0 Å². The van der Waals surface area contributed by atoms with E-state index in [4.69, 9.17) is 14.6 Å². The number of ether oxygens (including phenoxy) is 2. The maximum Gasteiger partial charge on any atom is 0.148 e. The van der Waals surface area contributed by atoms with Crippen LogP contribution in [0.15, 0.2) is 66.9 Å². The summed E-state index contributed by atoms with van der Waals surface area (Å²) in [6, 6.07) is 20.5. The fourth-order valence-electron chi connectivity index (χ4n) is 4.55. The van der Waals surface area contributed by atoms with Crippen molar-refractivity contribution in [3.8, 4) is 28.1 Å². The highest BCUT2D eigenvalue weighted by atomic mass is 16.5. The third kappa shape index (κ3) is 5.04. The molecule has 3 heterocycles. The van der Waals surface area contributed by atoms with Gasteiger partial charge in [-0.3, -0.25) is 15.0 Å². The number of pyridine rings is 1. The summed E-state index contributed by atoms with van der Waals surface area (Å²) in [6.07, 6.45) is 0.977. The topological polar surface area (TPSA) is 81.4 Å². The van der Waals surface area contributed by atoms with Crippen LogP contribution in [0.25, 0.3) is 22.4 Å². The highest BCUT2D eigenvalue weighted by Crippen LogP contribution is 2.38. The van der Waals surface area contributed by atoms with E-state index in [1.54, 1.807) is 13.3 Å². The second kappa shape index (κ2) is 10.6. The molecule has 7 nitrogen and oxygen atoms in total. The van der Waals surface area contributed by atoms with Crippen LogP contribution < -0.4 is 10.1 Å². The van der Waals surface area contributed by atoms with Gasteiger partial charge in [-0.05, 0) is 46.9 Å². The average Bonchev–Trinajstić information content (AvgIpc) is 3.29. The van der Waals surface area contributed by atoms with E-state index in [0.29, 0.717) is 32.2 Å². The third-order valence-corrected chi connectivity index (χ3v) is 6.49. The molecule has 0 bridgehead atoms. The molecule has 186 valence electrons. The summed E-state index contributed by atoms with van der Waals surface area (Å²) in [5, 5.41) is 18.8. The summed E-state index contributed by atoms with van der Waals surface area (Å²) in [4.78, 5) is 4.39. The zero-order chi connectivity index (χ0) is 25.1. The first-order chi connectivity index (χ1) is 17.5. The van der Waals surface area contributed by atoms with Crippen molar-refractivity contribution < 1.29 is 14.6 Å². The molecule has 2 N–H and O–H groups in total. The minimum atomic E-state index is -0.792. The minimum Gasteiger partial charge on any atom is -0.489 e. The summed E-state index contributed by atoms with van der Waals surface area (Å²) in [7, 11) is 1.65. The van der Waals surface area contributed by atoms with Crippen LogP contribution in [-0.4, -0.2) is 33.5 Å². The lowest BCUT2D eigenvalue weighted by Gasteiger charge is -2.22. The summed E-state index contributed by atoms with van der Waals surface area (Å²) in [6.45, 7) is 6.66. The number of nitrogens with zero attached hydrogens (tertiary/aromatic N) is 3. The van der Waals surface area contributed by atoms with Crippen LogP contribution in [0, 0.1) is 0 Å². The van der Waals surface area contributed by atoms with Gasteiger partial charge in [-0.15, -0.1) is 0 Å². The number of benzene rings is 2. The van der Waals surface area contributed by atoms with E-state index in [1.807, 2.05) is 41.1 Å². The molecule has 7 heteroatoms. The Morgan fingerprint density at radius 1 is 1.03 bits per heavy atom. The zero-order valence-corrected chi connectivity index (χ0v) is 20.9. The third-order valence-electron chi connectivity index (χ3n) is 6.49. The monoisotopic (exact) mass is 484 g/mol. The predicted molar refractivity (Wildman–Crippen MR) is 139 cm³/mol. The van der Waals surface area contributed by atoms with Crippen LogP contribution in [-0.2, 0) is 24.5 Å². The fourth-order valence-corrected chi connectivity index (χ4v) is 4.55. The standard InChI is InChI=1S/C29H32N4O3/c1-19(2)21-6-4-20(5-7-21)17-36-25-10-8-22(9-11-25)26-27(23-12-13-30-24(16-23)18-35-3)32-33-15-14-31-29(34)28(26)33/h4-13,16,19,29,31,34H,14-15,17-18H2,1-3H3. The number of aromatic nitrogens is 3. The predicted octanol–water partition coefficient (Wildman–Crippen LogP) is 5.06. The number of hydrogen-bond donors (Lipinski definition) is 2. The number of rotatable bonds is 8. The molecule has 0 radical (unpaired) electrons. The van der Waals surface area contributed by atoms with Crippen molar-refractivity contribution in [3.63, 3.8) is 0 Å². The van der Waals surface area contributed by atoms with E-state index in [9.17, 15) is 5.11 Å². The van der Waals surface area contributed by atoms with Crippen molar-refractivity contribution in [1.29, 1.82) is 0 Å². The summed E-state index contributed by atoms with van der Waals surface area (Å²) in [5.74, 6) is 1.30. The Kier molecular flexibility index (Phi) is 7.13. The molecule has 2 aromatic heterocycles. The molecule has 4 aromatic rings. The van der Waals surface area contributed by atoms with Gasteiger partial charge in [-0.1, -0.05) is 50.2 Å². The number of fused-ring (bicyclic) bond motifs is 1. The highest BCUT2D eigenvalue weighted by molar-refractivity contribution is 5.83. The molecule has 36 heavy (non-hydrogen) atoms. The van der Waals surface area contributed by atoms with E-state index in [2.05, 4.69) is 48.4 Å². The van der Waals surface area contributed by atoms with Gasteiger partial charge in [0, 0.05) is 31.0 Å². The Morgan fingerprint density at radius 3 is 2.53 bits per heavy atom. The van der Waals surface area contributed by atoms with Crippen LogP contribution in [0.5, 0.6) is 5.75 Å². The Hall–Kier alpha value is -3.52. The van der Waals surface area contributed by atoms with Gasteiger partial charge in [0.1, 0.15) is 24.3 Å². The lowest BCUT2D eigenvalue weighted by atomic mass is 9.97. The molecule has 0 spiro atoms. The first-order valence-corrected chi connectivity index (χ1v) is 12.3. The lowest BCUT2D eigenvalue weighted by Crippen LogP contribution is -2.33. The number of methoxy groups -OCH3 is 1. The summed E-state index contributed by atoms with van der Waals surface area (Å²) >= 11 is 0. The van der Waals surface area contributed by atoms with Crippen molar-refractivity contribution in [3.05, 3.63) is 89.4 Å². The second-order valence-corrected chi connectivity index (χ2v) is 9.37. The first-order valence-electron chi connectivity index (χ1n) is 12.3.